The highest BCUT2D eigenvalue weighted by Gasteiger charge is 2.46. The fraction of sp³-hybridized carbons (Fsp3) is 0.500. The average Bonchev–Trinajstić information content (AvgIpc) is 3.05. The number of thiophene rings is 1. The van der Waals surface area contributed by atoms with Gasteiger partial charge in [-0.25, -0.2) is 8.42 Å². The third kappa shape index (κ3) is 4.47. The van der Waals surface area contributed by atoms with Crippen molar-refractivity contribution in [3.8, 4) is 0 Å². The van der Waals surface area contributed by atoms with Crippen LogP contribution in [0.3, 0.4) is 0 Å². The molecule has 9 heteroatoms. The van der Waals surface area contributed by atoms with Crippen molar-refractivity contribution in [2.24, 2.45) is 0 Å². The van der Waals surface area contributed by atoms with Gasteiger partial charge in [-0.15, -0.1) is 11.3 Å². The molecule has 1 fully saturated rings. The van der Waals surface area contributed by atoms with Crippen LogP contribution in [0.5, 0.6) is 0 Å². The smallest absolute Gasteiger partial charge is 0.229 e. The first kappa shape index (κ1) is 21.1. The highest BCUT2D eigenvalue weighted by Crippen LogP contribution is 2.50. The van der Waals surface area contributed by atoms with Crippen molar-refractivity contribution in [1.82, 2.24) is 4.90 Å². The normalized spacial score (nSPS) is 27.7. The maximum absolute atomic E-state index is 11.3. The van der Waals surface area contributed by atoms with E-state index in [4.69, 9.17) is 16.3 Å². The predicted molar refractivity (Wildman–Crippen MR) is 116 cm³/mol. The molecule has 2 N–H and O–H groups in total. The summed E-state index contributed by atoms with van der Waals surface area (Å²) in [5, 5.41) is 10.3. The van der Waals surface area contributed by atoms with Crippen LogP contribution in [0.4, 0.5) is 5.69 Å². The largest absolute Gasteiger partial charge is 0.386 e. The van der Waals surface area contributed by atoms with E-state index in [1.54, 1.807) is 12.1 Å². The van der Waals surface area contributed by atoms with Crippen LogP contribution in [0.2, 0.25) is 4.34 Å². The van der Waals surface area contributed by atoms with Crippen LogP contribution in [0.15, 0.2) is 30.3 Å². The van der Waals surface area contributed by atoms with Crippen molar-refractivity contribution in [3.63, 3.8) is 0 Å². The number of fused-ring (bicyclic) bond motifs is 2. The Morgan fingerprint density at radius 3 is 2.76 bits per heavy atom. The van der Waals surface area contributed by atoms with Gasteiger partial charge in [-0.1, -0.05) is 23.7 Å². The van der Waals surface area contributed by atoms with E-state index in [1.165, 1.54) is 11.3 Å². The average molecular weight is 457 g/mol. The summed E-state index contributed by atoms with van der Waals surface area (Å²) in [6.07, 6.45) is 2.23. The second-order valence-electron chi connectivity index (χ2n) is 8.00. The van der Waals surface area contributed by atoms with Gasteiger partial charge in [0.25, 0.3) is 0 Å². The molecule has 1 spiro atoms. The van der Waals surface area contributed by atoms with Crippen molar-refractivity contribution in [2.45, 2.75) is 44.1 Å². The summed E-state index contributed by atoms with van der Waals surface area (Å²) in [5.41, 5.74) is 2.25. The molecule has 0 unspecified atom stereocenters. The molecule has 3 atom stereocenters. The Kier molecular flexibility index (Phi) is 5.69. The molecule has 0 bridgehead atoms. The number of nitrogens with one attached hydrogen (secondary N) is 1. The van der Waals surface area contributed by atoms with Crippen LogP contribution >= 0.6 is 22.9 Å². The number of piperidine rings is 1. The Labute approximate surface area is 180 Å². The van der Waals surface area contributed by atoms with Gasteiger partial charge < -0.3 is 9.84 Å². The molecule has 2 aliphatic heterocycles. The topological polar surface area (TPSA) is 78.9 Å². The van der Waals surface area contributed by atoms with Crippen molar-refractivity contribution < 1.29 is 18.3 Å². The number of likely N-dealkylation sites (tertiary alicyclic amines) is 1. The Morgan fingerprint density at radius 2 is 2.10 bits per heavy atom. The van der Waals surface area contributed by atoms with Crippen LogP contribution < -0.4 is 4.72 Å². The minimum atomic E-state index is -3.27. The van der Waals surface area contributed by atoms with Gasteiger partial charge in [0.05, 0.1) is 17.2 Å². The molecule has 3 heterocycles. The number of benzene rings is 1. The maximum atomic E-state index is 11.3. The number of aliphatic hydroxyl groups excluding tert-OH is 1. The standard InChI is InChI=1S/C20H25ClN2O4S2/c1-13-10-20(19-16(9-18(21)28-19)17(24)12-27-20)7-8-23(13)11-14-3-5-15(6-4-14)22-29(2,25)26/h3-6,9,13,17,22,24H,7-8,10-12H2,1-2H3/t13-,17-,20+/m0/s1. The number of hydrogen-bond donors (Lipinski definition) is 2. The lowest BCUT2D eigenvalue weighted by molar-refractivity contribution is -0.139. The third-order valence-corrected chi connectivity index (χ3v) is 7.79. The molecule has 1 aromatic carbocycles. The molecule has 0 saturated carbocycles. The summed E-state index contributed by atoms with van der Waals surface area (Å²) in [6.45, 7) is 4.16. The Balaban J connectivity index is 1.46. The highest BCUT2D eigenvalue weighted by molar-refractivity contribution is 7.92. The van der Waals surface area contributed by atoms with Crippen LogP contribution in [0, 0.1) is 0 Å². The molecular formula is C20H25ClN2O4S2. The van der Waals surface area contributed by atoms with Crippen molar-refractivity contribution >= 4 is 38.6 Å². The Morgan fingerprint density at radius 1 is 1.38 bits per heavy atom. The molecule has 29 heavy (non-hydrogen) atoms. The predicted octanol–water partition coefficient (Wildman–Crippen LogP) is 3.72. The number of hydrogen-bond acceptors (Lipinski definition) is 6. The van der Waals surface area contributed by atoms with Crippen LogP contribution in [0.1, 0.15) is 41.9 Å². The van der Waals surface area contributed by atoms with Gasteiger partial charge in [0.1, 0.15) is 11.7 Å². The molecule has 6 nitrogen and oxygen atoms in total. The van der Waals surface area contributed by atoms with Gasteiger partial charge in [0.2, 0.25) is 10.0 Å². The van der Waals surface area contributed by atoms with Gasteiger partial charge in [-0.3, -0.25) is 9.62 Å². The zero-order valence-corrected chi connectivity index (χ0v) is 18.8. The minimum Gasteiger partial charge on any atom is -0.386 e. The SMILES string of the molecule is C[C@H]1C[C@@]2(CCN1Cc1ccc(NS(C)(=O)=O)cc1)OC[C@H](O)c1cc(Cl)sc12. The lowest BCUT2D eigenvalue weighted by atomic mass is 9.81. The molecule has 1 saturated heterocycles. The fourth-order valence-electron chi connectivity index (χ4n) is 4.32. The summed E-state index contributed by atoms with van der Waals surface area (Å²) < 4.78 is 32.1. The number of rotatable bonds is 4. The summed E-state index contributed by atoms with van der Waals surface area (Å²) in [6, 6.07) is 9.65. The van der Waals surface area contributed by atoms with E-state index < -0.39 is 16.1 Å². The number of anilines is 1. The van der Waals surface area contributed by atoms with Crippen molar-refractivity contribution in [1.29, 1.82) is 0 Å². The monoisotopic (exact) mass is 456 g/mol. The second kappa shape index (κ2) is 7.83. The summed E-state index contributed by atoms with van der Waals surface area (Å²) >= 11 is 7.76. The maximum Gasteiger partial charge on any atom is 0.229 e. The molecule has 0 aliphatic carbocycles. The van der Waals surface area contributed by atoms with Crippen molar-refractivity contribution in [2.75, 3.05) is 24.1 Å². The molecule has 2 aliphatic rings. The van der Waals surface area contributed by atoms with E-state index >= 15 is 0 Å². The summed E-state index contributed by atoms with van der Waals surface area (Å²) in [5.74, 6) is 0. The molecule has 2 aromatic rings. The first-order valence-corrected chi connectivity index (χ1v) is 12.7. The fourth-order valence-corrected chi connectivity index (χ4v) is 6.36. The zero-order valence-electron chi connectivity index (χ0n) is 16.4. The summed E-state index contributed by atoms with van der Waals surface area (Å²) in [4.78, 5) is 3.48. The summed E-state index contributed by atoms with van der Waals surface area (Å²) in [7, 11) is -3.27. The molecular weight excluding hydrogens is 432 g/mol. The minimum absolute atomic E-state index is 0.293. The number of halogens is 1. The number of nitrogens with zero attached hydrogens (tertiary/aromatic N) is 1. The molecule has 0 amide bonds. The molecule has 158 valence electrons. The van der Waals surface area contributed by atoms with E-state index in [9.17, 15) is 13.5 Å². The van der Waals surface area contributed by atoms with Gasteiger partial charge in [0, 0.05) is 35.3 Å². The van der Waals surface area contributed by atoms with Crippen molar-refractivity contribution in [3.05, 3.63) is 50.7 Å². The number of aliphatic hydroxyl groups is 1. The van der Waals surface area contributed by atoms with Crippen LogP contribution in [-0.2, 0) is 26.9 Å². The highest BCUT2D eigenvalue weighted by atomic mass is 35.5. The van der Waals surface area contributed by atoms with E-state index in [2.05, 4.69) is 16.5 Å². The number of sulfonamides is 1. The van der Waals surface area contributed by atoms with E-state index in [1.807, 2.05) is 18.2 Å². The van der Waals surface area contributed by atoms with E-state index in [-0.39, 0.29) is 5.60 Å². The van der Waals surface area contributed by atoms with Crippen LogP contribution in [-0.4, -0.2) is 43.9 Å². The van der Waals surface area contributed by atoms with E-state index in [0.717, 1.165) is 48.2 Å². The first-order valence-electron chi connectivity index (χ1n) is 9.58. The van der Waals surface area contributed by atoms with E-state index in [0.29, 0.717) is 22.7 Å². The molecule has 4 rings (SSSR count). The lowest BCUT2D eigenvalue weighted by Crippen LogP contribution is -2.50. The molecule has 1 aromatic heterocycles. The second-order valence-corrected chi connectivity index (χ2v) is 11.4. The van der Waals surface area contributed by atoms with Crippen LogP contribution in [0.25, 0.3) is 0 Å². The zero-order chi connectivity index (χ0) is 20.8. The Hall–Kier alpha value is -1.16. The van der Waals surface area contributed by atoms with Gasteiger partial charge in [-0.2, -0.15) is 0 Å². The van der Waals surface area contributed by atoms with Gasteiger partial charge in [-0.05, 0) is 43.5 Å². The lowest BCUT2D eigenvalue weighted by Gasteiger charge is -2.47. The number of ether oxygens (including phenoxy) is 1. The molecule has 0 radical (unpaired) electrons. The third-order valence-electron chi connectivity index (χ3n) is 5.72. The first-order chi connectivity index (χ1) is 13.7. The van der Waals surface area contributed by atoms with Gasteiger partial charge >= 0.3 is 0 Å². The van der Waals surface area contributed by atoms with Gasteiger partial charge in [0.15, 0.2) is 0 Å². The Bertz CT molecular complexity index is 992. The quantitative estimate of drug-likeness (QED) is 0.733.